The van der Waals surface area contributed by atoms with Crippen LogP contribution in [-0.2, 0) is 6.54 Å². The molecule has 0 bridgehead atoms. The summed E-state index contributed by atoms with van der Waals surface area (Å²) in [7, 11) is 0. The summed E-state index contributed by atoms with van der Waals surface area (Å²) in [6.07, 6.45) is 0. The second-order valence-corrected chi connectivity index (χ2v) is 8.63. The number of hydrogen-bond donors (Lipinski definition) is 0. The predicted octanol–water partition coefficient (Wildman–Crippen LogP) is 7.43. The Morgan fingerprint density at radius 2 is 1.62 bits per heavy atom. The summed E-state index contributed by atoms with van der Waals surface area (Å²) in [5.41, 5.74) is 4.85. The molecule has 6 rings (SSSR count). The molecule has 3 nitrogen and oxygen atoms in total. The number of rotatable bonds is 3. The molecule has 0 atom stereocenters. The summed E-state index contributed by atoms with van der Waals surface area (Å²) in [4.78, 5) is 9.71. The zero-order valence-corrected chi connectivity index (χ0v) is 18.0. The molecule has 0 aliphatic rings. The highest BCUT2D eigenvalue weighted by Crippen LogP contribution is 2.44. The molecule has 32 heavy (non-hydrogen) atoms. The first kappa shape index (κ1) is 19.1. The van der Waals surface area contributed by atoms with Crippen molar-refractivity contribution in [2.45, 2.75) is 13.5 Å². The Hall–Kier alpha value is -3.64. The normalized spacial score (nSPS) is 11.7. The number of pyridine rings is 1. The minimum Gasteiger partial charge on any atom is -0.324 e. The Bertz CT molecular complexity index is 1630. The molecular formula is C26H17F2N3S. The van der Waals surface area contributed by atoms with Gasteiger partial charge in [-0.1, -0.05) is 30.3 Å². The quantitative estimate of drug-likeness (QED) is 0.267. The van der Waals surface area contributed by atoms with E-state index in [0.717, 1.165) is 55.6 Å². The second-order valence-electron chi connectivity index (χ2n) is 7.63. The monoisotopic (exact) mass is 441 g/mol. The molecule has 0 aliphatic heterocycles. The van der Waals surface area contributed by atoms with Gasteiger partial charge in [-0.25, -0.2) is 14.4 Å². The van der Waals surface area contributed by atoms with E-state index in [0.29, 0.717) is 4.83 Å². The molecule has 3 aromatic carbocycles. The third-order valence-corrected chi connectivity index (χ3v) is 6.95. The summed E-state index contributed by atoms with van der Waals surface area (Å²) >= 11 is 1.46. The van der Waals surface area contributed by atoms with E-state index < -0.39 is 5.95 Å². The number of benzene rings is 3. The third kappa shape index (κ3) is 2.83. The lowest BCUT2D eigenvalue weighted by Crippen LogP contribution is -1.97. The molecule has 0 radical (unpaired) electrons. The van der Waals surface area contributed by atoms with Gasteiger partial charge in [0, 0.05) is 27.6 Å². The van der Waals surface area contributed by atoms with Crippen molar-refractivity contribution < 1.29 is 8.78 Å². The number of fused-ring (bicyclic) bond motifs is 4. The fraction of sp³-hybridized carbons (Fsp3) is 0.0769. The lowest BCUT2D eigenvalue weighted by atomic mass is 9.97. The van der Waals surface area contributed by atoms with Crippen molar-refractivity contribution in [1.29, 1.82) is 0 Å². The Morgan fingerprint density at radius 1 is 0.844 bits per heavy atom. The topological polar surface area (TPSA) is 30.7 Å². The van der Waals surface area contributed by atoms with E-state index >= 15 is 0 Å². The van der Waals surface area contributed by atoms with Gasteiger partial charge in [-0.15, -0.1) is 11.3 Å². The minimum absolute atomic E-state index is 0.280. The average Bonchev–Trinajstić information content (AvgIpc) is 3.37. The molecule has 156 valence electrons. The van der Waals surface area contributed by atoms with Crippen LogP contribution >= 0.6 is 11.3 Å². The van der Waals surface area contributed by atoms with E-state index in [-0.39, 0.29) is 5.82 Å². The van der Waals surface area contributed by atoms with Crippen LogP contribution in [0.3, 0.4) is 0 Å². The summed E-state index contributed by atoms with van der Waals surface area (Å²) in [6, 6.07) is 21.8. The van der Waals surface area contributed by atoms with E-state index in [1.165, 1.54) is 29.5 Å². The van der Waals surface area contributed by atoms with Crippen LogP contribution < -0.4 is 0 Å². The fourth-order valence-electron chi connectivity index (χ4n) is 4.39. The van der Waals surface area contributed by atoms with Crippen LogP contribution in [0.15, 0.2) is 72.8 Å². The fourth-order valence-corrected chi connectivity index (χ4v) is 5.58. The van der Waals surface area contributed by atoms with E-state index in [1.54, 1.807) is 18.2 Å². The smallest absolute Gasteiger partial charge is 0.214 e. The molecule has 6 aromatic rings. The Kier molecular flexibility index (Phi) is 4.30. The predicted molar refractivity (Wildman–Crippen MR) is 127 cm³/mol. The van der Waals surface area contributed by atoms with Gasteiger partial charge in [-0.05, 0) is 60.5 Å². The van der Waals surface area contributed by atoms with Gasteiger partial charge in [0.2, 0.25) is 5.95 Å². The molecule has 0 fully saturated rings. The number of para-hydroxylation sites is 2. The zero-order valence-electron chi connectivity index (χ0n) is 17.1. The highest BCUT2D eigenvalue weighted by molar-refractivity contribution is 7.26. The van der Waals surface area contributed by atoms with Crippen LogP contribution in [0.4, 0.5) is 8.78 Å². The summed E-state index contributed by atoms with van der Waals surface area (Å²) in [5, 5.41) is 1.86. The summed E-state index contributed by atoms with van der Waals surface area (Å²) < 4.78 is 30.7. The zero-order chi connectivity index (χ0) is 21.8. The van der Waals surface area contributed by atoms with Gasteiger partial charge >= 0.3 is 0 Å². The van der Waals surface area contributed by atoms with Crippen LogP contribution in [0.2, 0.25) is 0 Å². The number of imidazole rings is 1. The van der Waals surface area contributed by atoms with Gasteiger partial charge in [0.1, 0.15) is 16.5 Å². The minimum atomic E-state index is -0.505. The molecule has 6 heteroatoms. The lowest BCUT2D eigenvalue weighted by Gasteiger charge is -2.11. The number of hydrogen-bond acceptors (Lipinski definition) is 3. The molecule has 0 aliphatic carbocycles. The first-order valence-electron chi connectivity index (χ1n) is 10.4. The van der Waals surface area contributed by atoms with Crippen molar-refractivity contribution in [2.24, 2.45) is 0 Å². The third-order valence-electron chi connectivity index (χ3n) is 5.82. The Balaban J connectivity index is 1.72. The van der Waals surface area contributed by atoms with Gasteiger partial charge < -0.3 is 4.57 Å². The molecular weight excluding hydrogens is 424 g/mol. The second kappa shape index (κ2) is 7.21. The summed E-state index contributed by atoms with van der Waals surface area (Å²) in [5.74, 6) is 0.0864. The van der Waals surface area contributed by atoms with Crippen molar-refractivity contribution in [3.8, 4) is 22.5 Å². The van der Waals surface area contributed by atoms with Crippen molar-refractivity contribution in [1.82, 2.24) is 14.5 Å². The Labute approximate surface area is 186 Å². The van der Waals surface area contributed by atoms with Crippen molar-refractivity contribution in [3.05, 3.63) is 84.6 Å². The van der Waals surface area contributed by atoms with E-state index in [4.69, 9.17) is 4.98 Å². The molecule has 0 amide bonds. The maximum atomic E-state index is 14.0. The van der Waals surface area contributed by atoms with Crippen LogP contribution in [0.5, 0.6) is 0 Å². The largest absolute Gasteiger partial charge is 0.324 e. The first-order valence-corrected chi connectivity index (χ1v) is 11.2. The number of nitrogens with zero attached hydrogens (tertiary/aromatic N) is 3. The van der Waals surface area contributed by atoms with Crippen molar-refractivity contribution >= 4 is 42.7 Å². The molecule has 0 saturated carbocycles. The van der Waals surface area contributed by atoms with E-state index in [1.807, 2.05) is 24.3 Å². The SMILES string of the molecule is CCn1c(-c2ccc(-c3ccc(F)cc3)c3c2sc2nc(F)ccc23)nc2ccccc21. The molecule has 0 N–H and O–H groups in total. The van der Waals surface area contributed by atoms with Crippen molar-refractivity contribution in [3.63, 3.8) is 0 Å². The van der Waals surface area contributed by atoms with E-state index in [9.17, 15) is 8.78 Å². The lowest BCUT2D eigenvalue weighted by molar-refractivity contribution is 0.590. The molecule has 0 unspecified atom stereocenters. The molecule has 0 spiro atoms. The van der Waals surface area contributed by atoms with Crippen LogP contribution in [0.25, 0.3) is 53.9 Å². The number of aromatic nitrogens is 3. The number of aryl methyl sites for hydroxylation is 1. The van der Waals surface area contributed by atoms with Crippen LogP contribution in [0, 0.1) is 11.8 Å². The number of thiophene rings is 1. The van der Waals surface area contributed by atoms with Crippen LogP contribution in [0.1, 0.15) is 6.92 Å². The maximum absolute atomic E-state index is 14.0. The maximum Gasteiger partial charge on any atom is 0.214 e. The van der Waals surface area contributed by atoms with E-state index in [2.05, 4.69) is 28.6 Å². The highest BCUT2D eigenvalue weighted by atomic mass is 32.1. The highest BCUT2D eigenvalue weighted by Gasteiger charge is 2.20. The Morgan fingerprint density at radius 3 is 2.44 bits per heavy atom. The first-order chi connectivity index (χ1) is 15.6. The molecule has 0 saturated heterocycles. The standard InChI is InChI=1S/C26H17F2N3S/c1-2-31-21-6-4-3-5-20(21)29-25(31)19-12-11-17(15-7-9-16(27)10-8-15)23-18-13-14-22(28)30-26(18)32-24(19)23/h3-14H,2H2,1H3. The van der Waals surface area contributed by atoms with Gasteiger partial charge in [0.15, 0.2) is 0 Å². The van der Waals surface area contributed by atoms with Crippen molar-refractivity contribution in [2.75, 3.05) is 0 Å². The van der Waals surface area contributed by atoms with Gasteiger partial charge in [0.25, 0.3) is 0 Å². The molecule has 3 aromatic heterocycles. The summed E-state index contributed by atoms with van der Waals surface area (Å²) in [6.45, 7) is 2.87. The molecule has 3 heterocycles. The van der Waals surface area contributed by atoms with Gasteiger partial charge in [0.05, 0.1) is 11.0 Å². The van der Waals surface area contributed by atoms with Gasteiger partial charge in [-0.2, -0.15) is 4.39 Å². The number of halogens is 2. The van der Waals surface area contributed by atoms with Crippen LogP contribution in [-0.4, -0.2) is 14.5 Å². The van der Waals surface area contributed by atoms with Gasteiger partial charge in [-0.3, -0.25) is 0 Å². The average molecular weight is 442 g/mol.